The minimum Gasteiger partial charge on any atom is -0.325 e. The first-order valence-electron chi connectivity index (χ1n) is 6.07. The molecule has 6 heteroatoms. The number of amides is 1. The zero-order valence-electron chi connectivity index (χ0n) is 10.7. The van der Waals surface area contributed by atoms with Crippen LogP contribution in [0.15, 0.2) is 48.5 Å². The molecule has 0 saturated carbocycles. The second-order valence-corrected chi connectivity index (χ2v) is 5.57. The van der Waals surface area contributed by atoms with E-state index in [9.17, 15) is 18.0 Å². The van der Waals surface area contributed by atoms with Crippen molar-refractivity contribution >= 4 is 34.2 Å². The van der Waals surface area contributed by atoms with Crippen LogP contribution in [0.1, 0.15) is 11.1 Å². The van der Waals surface area contributed by atoms with Crippen molar-refractivity contribution in [1.29, 1.82) is 0 Å². The Balaban J connectivity index is 2.08. The number of nitrogens with one attached hydrogen (secondary N) is 1. The monoisotopic (exact) mass is 405 g/mol. The molecule has 0 heterocycles. The van der Waals surface area contributed by atoms with E-state index >= 15 is 0 Å². The molecule has 2 rings (SSSR count). The van der Waals surface area contributed by atoms with Gasteiger partial charge in [-0.25, -0.2) is 0 Å². The van der Waals surface area contributed by atoms with Gasteiger partial charge < -0.3 is 5.32 Å². The van der Waals surface area contributed by atoms with E-state index < -0.39 is 11.7 Å². The lowest BCUT2D eigenvalue weighted by atomic mass is 10.1. The first-order chi connectivity index (χ1) is 9.86. The maximum absolute atomic E-state index is 12.6. The highest BCUT2D eigenvalue weighted by Crippen LogP contribution is 2.29. The smallest absolute Gasteiger partial charge is 0.325 e. The zero-order valence-corrected chi connectivity index (χ0v) is 12.9. The SMILES string of the molecule is O=C(Cc1cccc(C(F)(F)F)c1)Nc1ccccc1I. The Hall–Kier alpha value is -1.57. The fourth-order valence-corrected chi connectivity index (χ4v) is 2.32. The second kappa shape index (κ2) is 6.46. The van der Waals surface area contributed by atoms with E-state index in [2.05, 4.69) is 27.9 Å². The Labute approximate surface area is 133 Å². The summed E-state index contributed by atoms with van der Waals surface area (Å²) in [5.74, 6) is -0.349. The van der Waals surface area contributed by atoms with Gasteiger partial charge in [0.25, 0.3) is 0 Å². The van der Waals surface area contributed by atoms with Crippen LogP contribution in [0, 0.1) is 3.57 Å². The van der Waals surface area contributed by atoms with E-state index in [-0.39, 0.29) is 12.3 Å². The molecule has 2 aromatic carbocycles. The Morgan fingerprint density at radius 1 is 1.10 bits per heavy atom. The molecule has 0 spiro atoms. The van der Waals surface area contributed by atoms with E-state index in [4.69, 9.17) is 0 Å². The molecule has 0 bridgehead atoms. The van der Waals surface area contributed by atoms with Crippen LogP contribution in [0.5, 0.6) is 0 Å². The van der Waals surface area contributed by atoms with Gasteiger partial charge >= 0.3 is 6.18 Å². The molecule has 0 aromatic heterocycles. The predicted octanol–water partition coefficient (Wildman–Crippen LogP) is 4.49. The summed E-state index contributed by atoms with van der Waals surface area (Å²) in [4.78, 5) is 11.9. The Morgan fingerprint density at radius 3 is 2.48 bits per heavy atom. The van der Waals surface area contributed by atoms with E-state index in [0.29, 0.717) is 11.3 Å². The molecule has 2 aromatic rings. The van der Waals surface area contributed by atoms with Gasteiger partial charge in [-0.15, -0.1) is 0 Å². The molecule has 0 aliphatic heterocycles. The van der Waals surface area contributed by atoms with Crippen molar-refractivity contribution in [3.63, 3.8) is 0 Å². The number of halogens is 4. The number of anilines is 1. The van der Waals surface area contributed by atoms with Gasteiger partial charge in [-0.1, -0.05) is 30.3 Å². The molecule has 0 unspecified atom stereocenters. The van der Waals surface area contributed by atoms with Crippen LogP contribution < -0.4 is 5.32 Å². The molecular weight excluding hydrogens is 394 g/mol. The zero-order chi connectivity index (χ0) is 15.5. The molecule has 0 fully saturated rings. The lowest BCUT2D eigenvalue weighted by Gasteiger charge is -2.10. The third kappa shape index (κ3) is 4.45. The fourth-order valence-electron chi connectivity index (χ4n) is 1.80. The Kier molecular flexibility index (Phi) is 4.87. The number of hydrogen-bond donors (Lipinski definition) is 1. The van der Waals surface area contributed by atoms with Gasteiger partial charge in [-0.05, 0) is 46.4 Å². The summed E-state index contributed by atoms with van der Waals surface area (Å²) in [7, 11) is 0. The first-order valence-corrected chi connectivity index (χ1v) is 7.14. The van der Waals surface area contributed by atoms with Crippen molar-refractivity contribution in [3.8, 4) is 0 Å². The molecular formula is C15H11F3INO. The summed E-state index contributed by atoms with van der Waals surface area (Å²) < 4.78 is 38.7. The van der Waals surface area contributed by atoms with Gasteiger partial charge in [-0.3, -0.25) is 4.79 Å². The van der Waals surface area contributed by atoms with Crippen molar-refractivity contribution in [2.24, 2.45) is 0 Å². The van der Waals surface area contributed by atoms with Crippen molar-refractivity contribution in [3.05, 3.63) is 63.2 Å². The Bertz CT molecular complexity index is 655. The van der Waals surface area contributed by atoms with Gasteiger partial charge in [0.15, 0.2) is 0 Å². The van der Waals surface area contributed by atoms with Crippen LogP contribution in [0.4, 0.5) is 18.9 Å². The number of benzene rings is 2. The van der Waals surface area contributed by atoms with E-state index in [0.717, 1.165) is 15.7 Å². The second-order valence-electron chi connectivity index (χ2n) is 4.40. The van der Waals surface area contributed by atoms with Gasteiger partial charge in [0.05, 0.1) is 17.7 Å². The third-order valence-electron chi connectivity index (χ3n) is 2.77. The van der Waals surface area contributed by atoms with Crippen LogP contribution in [-0.2, 0) is 17.4 Å². The van der Waals surface area contributed by atoms with Crippen LogP contribution in [0.3, 0.4) is 0 Å². The number of hydrogen-bond acceptors (Lipinski definition) is 1. The van der Waals surface area contributed by atoms with E-state index in [1.807, 2.05) is 12.1 Å². The quantitative estimate of drug-likeness (QED) is 0.750. The van der Waals surface area contributed by atoms with Crippen molar-refractivity contribution in [2.75, 3.05) is 5.32 Å². The maximum Gasteiger partial charge on any atom is 0.416 e. The molecule has 0 atom stereocenters. The van der Waals surface area contributed by atoms with E-state index in [1.54, 1.807) is 12.1 Å². The van der Waals surface area contributed by atoms with Crippen LogP contribution >= 0.6 is 22.6 Å². The molecule has 0 radical (unpaired) electrons. The summed E-state index contributed by atoms with van der Waals surface area (Å²) in [5.41, 5.74) is 0.227. The number of alkyl halides is 3. The van der Waals surface area contributed by atoms with Crippen molar-refractivity contribution in [2.45, 2.75) is 12.6 Å². The summed E-state index contributed by atoms with van der Waals surface area (Å²) in [5, 5.41) is 2.69. The van der Waals surface area contributed by atoms with Crippen molar-refractivity contribution < 1.29 is 18.0 Å². The van der Waals surface area contributed by atoms with Crippen LogP contribution in [-0.4, -0.2) is 5.91 Å². The van der Waals surface area contributed by atoms with Gasteiger partial charge in [0, 0.05) is 3.57 Å². The molecule has 0 saturated heterocycles. The molecule has 110 valence electrons. The highest BCUT2D eigenvalue weighted by atomic mass is 127. The molecule has 0 aliphatic carbocycles. The highest BCUT2D eigenvalue weighted by Gasteiger charge is 2.30. The normalized spacial score (nSPS) is 11.2. The number of para-hydroxylation sites is 1. The van der Waals surface area contributed by atoms with Crippen molar-refractivity contribution in [1.82, 2.24) is 0 Å². The minimum atomic E-state index is -4.40. The topological polar surface area (TPSA) is 29.1 Å². The number of carbonyl (C=O) groups excluding carboxylic acids is 1. The number of rotatable bonds is 3. The highest BCUT2D eigenvalue weighted by molar-refractivity contribution is 14.1. The van der Waals surface area contributed by atoms with Gasteiger partial charge in [0.2, 0.25) is 5.91 Å². The minimum absolute atomic E-state index is 0.102. The average molecular weight is 405 g/mol. The third-order valence-corrected chi connectivity index (χ3v) is 3.71. The lowest BCUT2D eigenvalue weighted by molar-refractivity contribution is -0.137. The Morgan fingerprint density at radius 2 is 1.81 bits per heavy atom. The van der Waals surface area contributed by atoms with Crippen LogP contribution in [0.25, 0.3) is 0 Å². The predicted molar refractivity (Wildman–Crippen MR) is 82.9 cm³/mol. The maximum atomic E-state index is 12.6. The molecule has 1 amide bonds. The van der Waals surface area contributed by atoms with Gasteiger partial charge in [0.1, 0.15) is 0 Å². The molecule has 0 aliphatic rings. The summed E-state index contributed by atoms with van der Waals surface area (Å²) >= 11 is 2.08. The van der Waals surface area contributed by atoms with E-state index in [1.165, 1.54) is 12.1 Å². The first kappa shape index (κ1) is 15.8. The fraction of sp³-hybridized carbons (Fsp3) is 0.133. The summed E-state index contributed by atoms with van der Waals surface area (Å²) in [6, 6.07) is 12.0. The lowest BCUT2D eigenvalue weighted by Crippen LogP contribution is -2.15. The summed E-state index contributed by atoms with van der Waals surface area (Å²) in [6.45, 7) is 0. The molecule has 2 nitrogen and oxygen atoms in total. The molecule has 21 heavy (non-hydrogen) atoms. The van der Waals surface area contributed by atoms with Gasteiger partial charge in [-0.2, -0.15) is 13.2 Å². The summed E-state index contributed by atoms with van der Waals surface area (Å²) in [6.07, 6.45) is -4.50. The average Bonchev–Trinajstić information content (AvgIpc) is 2.41. The van der Waals surface area contributed by atoms with Crippen LogP contribution in [0.2, 0.25) is 0 Å². The molecule has 1 N–H and O–H groups in total. The standard InChI is InChI=1S/C15H11F3INO/c16-15(17,18)11-5-3-4-10(8-11)9-14(21)20-13-7-2-1-6-12(13)19/h1-8H,9H2,(H,20,21). The largest absolute Gasteiger partial charge is 0.416 e. The number of carbonyl (C=O) groups is 1.